The van der Waals surface area contributed by atoms with Crippen LogP contribution in [0.4, 0.5) is 4.79 Å². The Labute approximate surface area is 207 Å². The van der Waals surface area contributed by atoms with Crippen molar-refractivity contribution >= 4 is 52.0 Å². The average molecular weight is 499 g/mol. The number of H-pyrrole nitrogens is 1. The molecule has 2 N–H and O–H groups in total. The number of amides is 4. The van der Waals surface area contributed by atoms with Crippen molar-refractivity contribution in [2.75, 3.05) is 13.1 Å². The second kappa shape index (κ2) is 8.32. The van der Waals surface area contributed by atoms with Crippen molar-refractivity contribution in [3.8, 4) is 0 Å². The molecule has 176 valence electrons. The Bertz CT molecular complexity index is 1340. The van der Waals surface area contributed by atoms with E-state index in [4.69, 9.17) is 23.2 Å². The molecule has 2 aliphatic rings. The molecule has 1 saturated heterocycles. The summed E-state index contributed by atoms with van der Waals surface area (Å²) in [5, 5.41) is 4.95. The van der Waals surface area contributed by atoms with Gasteiger partial charge in [-0.2, -0.15) is 0 Å². The number of carbonyl (C=O) groups is 3. The number of rotatable bonds is 5. The van der Waals surface area contributed by atoms with Crippen molar-refractivity contribution in [2.45, 2.75) is 38.3 Å². The van der Waals surface area contributed by atoms with E-state index in [0.29, 0.717) is 36.0 Å². The summed E-state index contributed by atoms with van der Waals surface area (Å²) in [6, 6.07) is 11.7. The van der Waals surface area contributed by atoms with E-state index in [-0.39, 0.29) is 0 Å². The second-order valence-electron chi connectivity index (χ2n) is 8.91. The molecule has 4 amide bonds. The highest BCUT2D eigenvalue weighted by molar-refractivity contribution is 6.35. The fourth-order valence-electron chi connectivity index (χ4n) is 5.07. The van der Waals surface area contributed by atoms with Crippen LogP contribution in [0.3, 0.4) is 0 Å². The predicted molar refractivity (Wildman–Crippen MR) is 131 cm³/mol. The van der Waals surface area contributed by atoms with E-state index in [0.717, 1.165) is 32.6 Å². The standard InChI is InChI=1S/C25H24Cl2N4O3/c1-14(22(32)28-11-9-15-7-8-16(26)13-19(15)27)31-23(33)25(2)21-18(10-12-30(25)24(31)34)17-5-3-4-6-20(17)29-21/h3-8,13-14,29H,9-12H2,1-2H3,(H,28,32)/t14-,25-/m0/s1. The maximum Gasteiger partial charge on any atom is 0.328 e. The number of carbonyl (C=O) groups excluding carboxylic acids is 3. The van der Waals surface area contributed by atoms with Crippen LogP contribution in [-0.2, 0) is 28.0 Å². The molecule has 2 aliphatic heterocycles. The molecule has 0 spiro atoms. The summed E-state index contributed by atoms with van der Waals surface area (Å²) in [7, 11) is 0. The molecule has 0 bridgehead atoms. The van der Waals surface area contributed by atoms with Gasteiger partial charge in [-0.25, -0.2) is 9.69 Å². The molecular weight excluding hydrogens is 475 g/mol. The van der Waals surface area contributed by atoms with Gasteiger partial charge in [0.05, 0.1) is 5.69 Å². The van der Waals surface area contributed by atoms with Crippen molar-refractivity contribution in [3.63, 3.8) is 0 Å². The first-order valence-electron chi connectivity index (χ1n) is 11.2. The van der Waals surface area contributed by atoms with Gasteiger partial charge in [-0.05, 0) is 56.0 Å². The SMILES string of the molecule is C[C@@H](C(=O)NCCc1ccc(Cl)cc1Cl)N1C(=O)N2CCc3c([nH]c4ccccc34)[C@@]2(C)C1=O. The lowest BCUT2D eigenvalue weighted by atomic mass is 9.87. The highest BCUT2D eigenvalue weighted by Gasteiger charge is 2.60. The van der Waals surface area contributed by atoms with Crippen LogP contribution < -0.4 is 5.32 Å². The highest BCUT2D eigenvalue weighted by atomic mass is 35.5. The minimum absolute atomic E-state index is 0.313. The van der Waals surface area contributed by atoms with E-state index in [1.807, 2.05) is 30.3 Å². The molecule has 5 rings (SSSR count). The number of urea groups is 1. The number of nitrogens with one attached hydrogen (secondary N) is 2. The molecule has 3 heterocycles. The molecule has 7 nitrogen and oxygen atoms in total. The van der Waals surface area contributed by atoms with Gasteiger partial charge < -0.3 is 15.2 Å². The summed E-state index contributed by atoms with van der Waals surface area (Å²) in [6.07, 6.45) is 1.14. The molecular formula is C25H24Cl2N4O3. The number of para-hydroxylation sites is 1. The normalized spacial score (nSPS) is 20.5. The minimum atomic E-state index is -1.17. The Hall–Kier alpha value is -3.03. The zero-order chi connectivity index (χ0) is 24.2. The maximum atomic E-state index is 13.7. The van der Waals surface area contributed by atoms with Gasteiger partial charge in [0.25, 0.3) is 5.91 Å². The number of aromatic amines is 1. The third-order valence-electron chi connectivity index (χ3n) is 6.97. The predicted octanol–water partition coefficient (Wildman–Crippen LogP) is 4.26. The molecule has 1 fully saturated rings. The molecule has 9 heteroatoms. The number of imide groups is 1. The molecule has 34 heavy (non-hydrogen) atoms. The summed E-state index contributed by atoms with van der Waals surface area (Å²) in [4.78, 5) is 45.9. The third kappa shape index (κ3) is 3.37. The lowest BCUT2D eigenvalue weighted by molar-refractivity contribution is -0.139. The van der Waals surface area contributed by atoms with Gasteiger partial charge in [-0.15, -0.1) is 0 Å². The monoisotopic (exact) mass is 498 g/mol. The number of fused-ring (bicyclic) bond motifs is 5. The first-order chi connectivity index (χ1) is 16.2. The second-order valence-corrected chi connectivity index (χ2v) is 9.75. The van der Waals surface area contributed by atoms with E-state index in [2.05, 4.69) is 10.3 Å². The van der Waals surface area contributed by atoms with Crippen LogP contribution in [0.5, 0.6) is 0 Å². The van der Waals surface area contributed by atoms with Gasteiger partial charge in [-0.3, -0.25) is 9.59 Å². The van der Waals surface area contributed by atoms with Crippen LogP contribution in [0.2, 0.25) is 10.0 Å². The van der Waals surface area contributed by atoms with Crippen molar-refractivity contribution in [3.05, 3.63) is 69.3 Å². The van der Waals surface area contributed by atoms with Gasteiger partial charge in [-0.1, -0.05) is 47.5 Å². The van der Waals surface area contributed by atoms with Crippen molar-refractivity contribution in [1.82, 2.24) is 20.1 Å². The zero-order valence-electron chi connectivity index (χ0n) is 18.8. The van der Waals surface area contributed by atoms with Gasteiger partial charge in [0.15, 0.2) is 5.54 Å². The fourth-order valence-corrected chi connectivity index (χ4v) is 5.57. The molecule has 3 aromatic rings. The van der Waals surface area contributed by atoms with Crippen molar-refractivity contribution in [2.24, 2.45) is 0 Å². The molecule has 0 saturated carbocycles. The maximum absolute atomic E-state index is 13.7. The van der Waals surface area contributed by atoms with Crippen molar-refractivity contribution < 1.29 is 14.4 Å². The molecule has 1 aromatic heterocycles. The summed E-state index contributed by atoms with van der Waals surface area (Å²) in [6.45, 7) is 4.06. The Kier molecular flexibility index (Phi) is 5.57. The van der Waals surface area contributed by atoms with Crippen molar-refractivity contribution in [1.29, 1.82) is 0 Å². The smallest absolute Gasteiger partial charge is 0.328 e. The number of hydrogen-bond donors (Lipinski definition) is 2. The Morgan fingerprint density at radius 1 is 1.21 bits per heavy atom. The van der Waals surface area contributed by atoms with Gasteiger partial charge in [0.1, 0.15) is 6.04 Å². The molecule has 0 radical (unpaired) electrons. The molecule has 0 unspecified atom stereocenters. The van der Waals surface area contributed by atoms with Gasteiger partial charge in [0, 0.05) is 34.0 Å². The number of hydrogen-bond acceptors (Lipinski definition) is 3. The van der Waals surface area contributed by atoms with Crippen LogP contribution in [-0.4, -0.2) is 51.8 Å². The topological polar surface area (TPSA) is 85.5 Å². The Balaban J connectivity index is 1.35. The zero-order valence-corrected chi connectivity index (χ0v) is 20.3. The van der Waals surface area contributed by atoms with E-state index in [9.17, 15) is 14.4 Å². The molecule has 2 aromatic carbocycles. The average Bonchev–Trinajstić information content (AvgIpc) is 3.28. The lowest BCUT2D eigenvalue weighted by Crippen LogP contribution is -2.50. The van der Waals surface area contributed by atoms with Crippen LogP contribution in [0.1, 0.15) is 30.7 Å². The number of aromatic nitrogens is 1. The summed E-state index contributed by atoms with van der Waals surface area (Å²) in [5.74, 6) is -0.791. The molecule has 0 aliphatic carbocycles. The largest absolute Gasteiger partial charge is 0.356 e. The Morgan fingerprint density at radius 2 is 1.97 bits per heavy atom. The highest BCUT2D eigenvalue weighted by Crippen LogP contribution is 2.44. The van der Waals surface area contributed by atoms with Crippen LogP contribution in [0.15, 0.2) is 42.5 Å². The lowest BCUT2D eigenvalue weighted by Gasteiger charge is -2.36. The number of benzene rings is 2. The first-order valence-corrected chi connectivity index (χ1v) is 12.0. The number of halogens is 2. The van der Waals surface area contributed by atoms with Gasteiger partial charge >= 0.3 is 6.03 Å². The van der Waals surface area contributed by atoms with Crippen LogP contribution in [0.25, 0.3) is 10.9 Å². The minimum Gasteiger partial charge on any atom is -0.356 e. The van der Waals surface area contributed by atoms with Crippen LogP contribution >= 0.6 is 23.2 Å². The fraction of sp³-hybridized carbons (Fsp3) is 0.320. The summed E-state index contributed by atoms with van der Waals surface area (Å²) < 4.78 is 0. The first kappa shape index (κ1) is 22.7. The summed E-state index contributed by atoms with van der Waals surface area (Å²) >= 11 is 12.1. The van der Waals surface area contributed by atoms with E-state index < -0.39 is 29.4 Å². The molecule has 2 atom stereocenters. The quantitative estimate of drug-likeness (QED) is 0.515. The van der Waals surface area contributed by atoms with Gasteiger partial charge in [0.2, 0.25) is 5.91 Å². The summed E-state index contributed by atoms with van der Waals surface area (Å²) in [5.41, 5.74) is 2.39. The number of nitrogens with zero attached hydrogens (tertiary/aromatic N) is 2. The van der Waals surface area contributed by atoms with E-state index in [1.54, 1.807) is 30.9 Å². The Morgan fingerprint density at radius 3 is 2.74 bits per heavy atom. The van der Waals surface area contributed by atoms with E-state index >= 15 is 0 Å². The van der Waals surface area contributed by atoms with Crippen LogP contribution in [0, 0.1) is 0 Å². The third-order valence-corrected chi connectivity index (χ3v) is 7.56. The van der Waals surface area contributed by atoms with E-state index in [1.165, 1.54) is 0 Å².